The zero-order chi connectivity index (χ0) is 11.7. The predicted molar refractivity (Wildman–Crippen MR) is 66.0 cm³/mol. The fraction of sp³-hybridized carbons (Fsp3) is 0.308. The van der Waals surface area contributed by atoms with E-state index in [1.54, 1.807) is 0 Å². The van der Waals surface area contributed by atoms with Crippen LogP contribution in [0.25, 0.3) is 11.3 Å². The Morgan fingerprint density at radius 3 is 2.50 bits per heavy atom. The fourth-order valence-corrected chi connectivity index (χ4v) is 1.91. The SMILES string of the molecule is Cc1ccccc1-c1nc(CN)n(C)c1C. The first-order valence-corrected chi connectivity index (χ1v) is 5.43. The van der Waals surface area contributed by atoms with Gasteiger partial charge in [-0.2, -0.15) is 0 Å². The van der Waals surface area contributed by atoms with Crippen molar-refractivity contribution in [3.63, 3.8) is 0 Å². The predicted octanol–water partition coefficient (Wildman–Crippen LogP) is 2.16. The van der Waals surface area contributed by atoms with Crippen molar-refractivity contribution in [2.75, 3.05) is 0 Å². The highest BCUT2D eigenvalue weighted by atomic mass is 15.1. The monoisotopic (exact) mass is 215 g/mol. The smallest absolute Gasteiger partial charge is 0.123 e. The van der Waals surface area contributed by atoms with Gasteiger partial charge in [0.2, 0.25) is 0 Å². The van der Waals surface area contributed by atoms with Gasteiger partial charge in [0, 0.05) is 18.3 Å². The van der Waals surface area contributed by atoms with Gasteiger partial charge in [0.1, 0.15) is 5.82 Å². The average molecular weight is 215 g/mol. The molecule has 1 aromatic heterocycles. The van der Waals surface area contributed by atoms with Crippen LogP contribution in [0.2, 0.25) is 0 Å². The van der Waals surface area contributed by atoms with Crippen LogP contribution < -0.4 is 5.73 Å². The summed E-state index contributed by atoms with van der Waals surface area (Å²) in [5.74, 6) is 0.927. The van der Waals surface area contributed by atoms with E-state index in [0.29, 0.717) is 6.54 Å². The highest BCUT2D eigenvalue weighted by Crippen LogP contribution is 2.25. The average Bonchev–Trinajstić information content (AvgIpc) is 2.57. The van der Waals surface area contributed by atoms with Crippen molar-refractivity contribution in [3.8, 4) is 11.3 Å². The lowest BCUT2D eigenvalue weighted by atomic mass is 10.1. The van der Waals surface area contributed by atoms with Crippen LogP contribution >= 0.6 is 0 Å². The molecule has 3 heteroatoms. The molecule has 0 aliphatic rings. The topological polar surface area (TPSA) is 43.8 Å². The summed E-state index contributed by atoms with van der Waals surface area (Å²) >= 11 is 0. The maximum absolute atomic E-state index is 5.67. The highest BCUT2D eigenvalue weighted by Gasteiger charge is 2.12. The van der Waals surface area contributed by atoms with Gasteiger partial charge in [-0.3, -0.25) is 0 Å². The molecule has 1 heterocycles. The number of imidazole rings is 1. The van der Waals surface area contributed by atoms with E-state index < -0.39 is 0 Å². The molecule has 0 unspecified atom stereocenters. The molecule has 0 aliphatic heterocycles. The number of benzene rings is 1. The van der Waals surface area contributed by atoms with Crippen LogP contribution in [0, 0.1) is 13.8 Å². The first kappa shape index (κ1) is 10.9. The van der Waals surface area contributed by atoms with E-state index in [4.69, 9.17) is 5.73 Å². The molecular weight excluding hydrogens is 198 g/mol. The van der Waals surface area contributed by atoms with E-state index in [0.717, 1.165) is 17.2 Å². The van der Waals surface area contributed by atoms with Crippen LogP contribution in [-0.2, 0) is 13.6 Å². The van der Waals surface area contributed by atoms with Gasteiger partial charge in [-0.05, 0) is 19.4 Å². The van der Waals surface area contributed by atoms with Gasteiger partial charge in [0.15, 0.2) is 0 Å². The van der Waals surface area contributed by atoms with E-state index in [-0.39, 0.29) is 0 Å². The Kier molecular flexibility index (Phi) is 2.79. The van der Waals surface area contributed by atoms with Crippen molar-refractivity contribution in [1.82, 2.24) is 9.55 Å². The molecule has 0 spiro atoms. The van der Waals surface area contributed by atoms with Crippen LogP contribution in [0.3, 0.4) is 0 Å². The molecule has 2 aromatic rings. The molecule has 84 valence electrons. The molecule has 3 nitrogen and oxygen atoms in total. The van der Waals surface area contributed by atoms with Crippen LogP contribution in [0.4, 0.5) is 0 Å². The first-order chi connectivity index (χ1) is 7.65. The quantitative estimate of drug-likeness (QED) is 0.834. The summed E-state index contributed by atoms with van der Waals surface area (Å²) in [5, 5.41) is 0. The van der Waals surface area contributed by atoms with Crippen molar-refractivity contribution < 1.29 is 0 Å². The molecule has 2 rings (SSSR count). The van der Waals surface area contributed by atoms with Gasteiger partial charge in [-0.1, -0.05) is 24.3 Å². The number of hydrogen-bond acceptors (Lipinski definition) is 2. The molecular formula is C13H17N3. The van der Waals surface area contributed by atoms with Gasteiger partial charge in [0.25, 0.3) is 0 Å². The number of aryl methyl sites for hydroxylation is 1. The van der Waals surface area contributed by atoms with Crippen LogP contribution in [0.1, 0.15) is 17.1 Å². The lowest BCUT2D eigenvalue weighted by molar-refractivity contribution is 0.774. The van der Waals surface area contributed by atoms with Crippen molar-refractivity contribution in [1.29, 1.82) is 0 Å². The van der Waals surface area contributed by atoms with Crippen molar-refractivity contribution in [3.05, 3.63) is 41.3 Å². The lowest BCUT2D eigenvalue weighted by Crippen LogP contribution is -2.05. The summed E-state index contributed by atoms with van der Waals surface area (Å²) in [6.07, 6.45) is 0. The van der Waals surface area contributed by atoms with E-state index in [1.807, 2.05) is 19.2 Å². The number of nitrogens with zero attached hydrogens (tertiary/aromatic N) is 2. The minimum atomic E-state index is 0.475. The Morgan fingerprint density at radius 1 is 1.25 bits per heavy atom. The Morgan fingerprint density at radius 2 is 1.94 bits per heavy atom. The number of rotatable bonds is 2. The first-order valence-electron chi connectivity index (χ1n) is 5.43. The molecule has 0 bridgehead atoms. The van der Waals surface area contributed by atoms with Crippen molar-refractivity contribution in [2.45, 2.75) is 20.4 Å². The van der Waals surface area contributed by atoms with Gasteiger partial charge < -0.3 is 10.3 Å². The third kappa shape index (κ3) is 1.63. The van der Waals surface area contributed by atoms with Crippen LogP contribution in [0.5, 0.6) is 0 Å². The molecule has 1 aromatic carbocycles. The molecule has 2 N–H and O–H groups in total. The van der Waals surface area contributed by atoms with Gasteiger partial charge >= 0.3 is 0 Å². The molecule has 0 saturated carbocycles. The van der Waals surface area contributed by atoms with Gasteiger partial charge in [-0.25, -0.2) is 4.98 Å². The van der Waals surface area contributed by atoms with E-state index >= 15 is 0 Å². The Hall–Kier alpha value is -1.61. The molecule has 0 amide bonds. The second-order valence-electron chi connectivity index (χ2n) is 4.04. The number of nitrogens with two attached hydrogens (primary N) is 1. The molecule has 0 radical (unpaired) electrons. The summed E-state index contributed by atoms with van der Waals surface area (Å²) in [5.41, 5.74) is 10.3. The maximum atomic E-state index is 5.67. The normalized spacial score (nSPS) is 10.8. The van der Waals surface area contributed by atoms with E-state index in [2.05, 4.69) is 35.5 Å². The largest absolute Gasteiger partial charge is 0.334 e. The highest BCUT2D eigenvalue weighted by molar-refractivity contribution is 5.65. The molecule has 0 fully saturated rings. The standard InChI is InChI=1S/C13H17N3/c1-9-6-4-5-7-11(9)13-10(2)16(3)12(8-14)15-13/h4-7H,8,14H2,1-3H3. The third-order valence-corrected chi connectivity index (χ3v) is 3.06. The van der Waals surface area contributed by atoms with Crippen molar-refractivity contribution in [2.24, 2.45) is 12.8 Å². The van der Waals surface area contributed by atoms with Crippen molar-refractivity contribution >= 4 is 0 Å². The summed E-state index contributed by atoms with van der Waals surface area (Å²) in [6, 6.07) is 8.29. The minimum absolute atomic E-state index is 0.475. The number of aromatic nitrogens is 2. The van der Waals surface area contributed by atoms with Gasteiger partial charge in [-0.15, -0.1) is 0 Å². The molecule has 0 aliphatic carbocycles. The molecule has 0 saturated heterocycles. The van der Waals surface area contributed by atoms with E-state index in [9.17, 15) is 0 Å². The number of hydrogen-bond donors (Lipinski definition) is 1. The second-order valence-corrected chi connectivity index (χ2v) is 4.04. The summed E-state index contributed by atoms with van der Waals surface area (Å²) in [4.78, 5) is 4.60. The lowest BCUT2D eigenvalue weighted by Gasteiger charge is -2.03. The van der Waals surface area contributed by atoms with Crippen LogP contribution in [0.15, 0.2) is 24.3 Å². The maximum Gasteiger partial charge on any atom is 0.123 e. The van der Waals surface area contributed by atoms with E-state index in [1.165, 1.54) is 11.1 Å². The minimum Gasteiger partial charge on any atom is -0.334 e. The zero-order valence-corrected chi connectivity index (χ0v) is 9.99. The van der Waals surface area contributed by atoms with Crippen LogP contribution in [-0.4, -0.2) is 9.55 Å². The summed E-state index contributed by atoms with van der Waals surface area (Å²) in [6.45, 7) is 4.66. The Labute approximate surface area is 95.9 Å². The summed E-state index contributed by atoms with van der Waals surface area (Å²) in [7, 11) is 2.01. The second kappa shape index (κ2) is 4.10. The fourth-order valence-electron chi connectivity index (χ4n) is 1.91. The molecule has 16 heavy (non-hydrogen) atoms. The van der Waals surface area contributed by atoms with Gasteiger partial charge in [0.05, 0.1) is 12.2 Å². The summed E-state index contributed by atoms with van der Waals surface area (Å²) < 4.78 is 2.06. The Bertz CT molecular complexity index is 512. The Balaban J connectivity index is 2.61. The third-order valence-electron chi connectivity index (χ3n) is 3.06. The zero-order valence-electron chi connectivity index (χ0n) is 9.99. The molecule has 0 atom stereocenters.